The Kier molecular flexibility index (Phi) is 5.26. The molecule has 0 heterocycles. The van der Waals surface area contributed by atoms with Crippen molar-refractivity contribution in [1.82, 2.24) is 5.32 Å². The van der Waals surface area contributed by atoms with E-state index in [1.807, 2.05) is 12.1 Å². The van der Waals surface area contributed by atoms with Gasteiger partial charge < -0.3 is 10.1 Å². The Labute approximate surface area is 118 Å². The number of rotatable bonds is 5. The topological polar surface area (TPSA) is 21.3 Å². The Morgan fingerprint density at radius 3 is 3.00 bits per heavy atom. The summed E-state index contributed by atoms with van der Waals surface area (Å²) in [6.07, 6.45) is 8.33. The standard InChI is InChI=1S/C15H20BrNO/c1-18-15-8-7-14(16)9-13(15)11-17-10-12-5-3-2-4-6-12/h2-3,7-9,12,17H,4-6,10-11H2,1H3. The monoisotopic (exact) mass is 309 g/mol. The van der Waals surface area contributed by atoms with Gasteiger partial charge in [0.25, 0.3) is 0 Å². The number of hydrogen-bond acceptors (Lipinski definition) is 2. The maximum Gasteiger partial charge on any atom is 0.123 e. The first-order chi connectivity index (χ1) is 8.79. The van der Waals surface area contributed by atoms with Crippen molar-refractivity contribution >= 4 is 15.9 Å². The van der Waals surface area contributed by atoms with Gasteiger partial charge in [0.15, 0.2) is 0 Å². The quantitative estimate of drug-likeness (QED) is 0.833. The molecule has 1 aliphatic rings. The molecule has 1 aliphatic carbocycles. The van der Waals surface area contributed by atoms with E-state index in [1.165, 1.54) is 24.8 Å². The highest BCUT2D eigenvalue weighted by atomic mass is 79.9. The van der Waals surface area contributed by atoms with E-state index in [1.54, 1.807) is 7.11 Å². The molecule has 2 nitrogen and oxygen atoms in total. The average molecular weight is 310 g/mol. The van der Waals surface area contributed by atoms with Crippen LogP contribution >= 0.6 is 15.9 Å². The Morgan fingerprint density at radius 2 is 2.28 bits per heavy atom. The Morgan fingerprint density at radius 1 is 1.39 bits per heavy atom. The summed E-state index contributed by atoms with van der Waals surface area (Å²) in [5.41, 5.74) is 1.21. The third-order valence-electron chi connectivity index (χ3n) is 3.37. The van der Waals surface area contributed by atoms with Crippen molar-refractivity contribution in [2.75, 3.05) is 13.7 Å². The van der Waals surface area contributed by atoms with Gasteiger partial charge in [-0.25, -0.2) is 0 Å². The van der Waals surface area contributed by atoms with Crippen LogP contribution in [0.5, 0.6) is 5.75 Å². The van der Waals surface area contributed by atoms with Crippen LogP contribution < -0.4 is 10.1 Å². The minimum absolute atomic E-state index is 0.785. The van der Waals surface area contributed by atoms with Gasteiger partial charge in [-0.3, -0.25) is 0 Å². The summed E-state index contributed by atoms with van der Waals surface area (Å²) in [6.45, 7) is 1.95. The lowest BCUT2D eigenvalue weighted by Gasteiger charge is -2.18. The van der Waals surface area contributed by atoms with Crippen LogP contribution in [0.2, 0.25) is 0 Å². The van der Waals surface area contributed by atoms with E-state index in [-0.39, 0.29) is 0 Å². The van der Waals surface area contributed by atoms with Crippen LogP contribution in [0.1, 0.15) is 24.8 Å². The normalized spacial score (nSPS) is 18.9. The molecule has 18 heavy (non-hydrogen) atoms. The minimum Gasteiger partial charge on any atom is -0.496 e. The average Bonchev–Trinajstić information content (AvgIpc) is 2.40. The fourth-order valence-electron chi connectivity index (χ4n) is 2.34. The third-order valence-corrected chi connectivity index (χ3v) is 3.86. The molecule has 1 unspecified atom stereocenters. The lowest BCUT2D eigenvalue weighted by Crippen LogP contribution is -2.23. The Balaban J connectivity index is 1.85. The summed E-state index contributed by atoms with van der Waals surface area (Å²) in [4.78, 5) is 0. The molecule has 1 N–H and O–H groups in total. The number of methoxy groups -OCH3 is 1. The van der Waals surface area contributed by atoms with Crippen molar-refractivity contribution in [3.8, 4) is 5.75 Å². The summed E-state index contributed by atoms with van der Waals surface area (Å²) >= 11 is 3.50. The fourth-order valence-corrected chi connectivity index (χ4v) is 2.75. The second kappa shape index (κ2) is 6.95. The third kappa shape index (κ3) is 3.85. The highest BCUT2D eigenvalue weighted by Crippen LogP contribution is 2.23. The maximum atomic E-state index is 5.37. The first kappa shape index (κ1) is 13.6. The van der Waals surface area contributed by atoms with Crippen LogP contribution in [-0.4, -0.2) is 13.7 Å². The Bertz CT molecular complexity index is 417. The van der Waals surface area contributed by atoms with Gasteiger partial charge in [-0.15, -0.1) is 0 Å². The molecule has 98 valence electrons. The van der Waals surface area contributed by atoms with Crippen molar-refractivity contribution < 1.29 is 4.74 Å². The van der Waals surface area contributed by atoms with Crippen molar-refractivity contribution in [2.45, 2.75) is 25.8 Å². The molecule has 3 heteroatoms. The van der Waals surface area contributed by atoms with Crippen LogP contribution in [0, 0.1) is 5.92 Å². The van der Waals surface area contributed by atoms with Gasteiger partial charge in [0.05, 0.1) is 7.11 Å². The molecule has 0 aliphatic heterocycles. The molecule has 0 amide bonds. The molecule has 0 radical (unpaired) electrons. The smallest absolute Gasteiger partial charge is 0.123 e. The second-order valence-electron chi connectivity index (χ2n) is 4.74. The largest absolute Gasteiger partial charge is 0.496 e. The van der Waals surface area contributed by atoms with Gasteiger partial charge in [-0.05, 0) is 49.9 Å². The Hall–Kier alpha value is -0.800. The van der Waals surface area contributed by atoms with E-state index in [0.717, 1.165) is 29.2 Å². The number of ether oxygens (including phenoxy) is 1. The van der Waals surface area contributed by atoms with Gasteiger partial charge in [0, 0.05) is 16.6 Å². The van der Waals surface area contributed by atoms with E-state index in [2.05, 4.69) is 39.5 Å². The molecule has 2 rings (SSSR count). The molecular formula is C15H20BrNO. The van der Waals surface area contributed by atoms with E-state index >= 15 is 0 Å². The van der Waals surface area contributed by atoms with Crippen LogP contribution in [0.4, 0.5) is 0 Å². The predicted octanol–water partition coefficient (Wildman–Crippen LogP) is 3.90. The zero-order valence-electron chi connectivity index (χ0n) is 10.8. The molecule has 0 aromatic heterocycles. The fraction of sp³-hybridized carbons (Fsp3) is 0.467. The number of benzene rings is 1. The second-order valence-corrected chi connectivity index (χ2v) is 5.65. The summed E-state index contributed by atoms with van der Waals surface area (Å²) in [5.74, 6) is 1.74. The van der Waals surface area contributed by atoms with Crippen molar-refractivity contribution in [2.24, 2.45) is 5.92 Å². The van der Waals surface area contributed by atoms with Gasteiger partial charge in [0.2, 0.25) is 0 Å². The number of hydrogen-bond donors (Lipinski definition) is 1. The molecule has 0 bridgehead atoms. The molecule has 1 aromatic rings. The molecule has 1 atom stereocenters. The molecule has 0 spiro atoms. The number of halogens is 1. The molecule has 0 saturated heterocycles. The zero-order valence-corrected chi connectivity index (χ0v) is 12.4. The van der Waals surface area contributed by atoms with E-state index in [4.69, 9.17) is 4.74 Å². The van der Waals surface area contributed by atoms with Crippen LogP contribution in [0.25, 0.3) is 0 Å². The summed E-state index contributed by atoms with van der Waals surface area (Å²) in [5, 5.41) is 3.54. The van der Waals surface area contributed by atoms with E-state index < -0.39 is 0 Å². The molecule has 0 fully saturated rings. The van der Waals surface area contributed by atoms with Crippen molar-refractivity contribution in [3.05, 3.63) is 40.4 Å². The summed E-state index contributed by atoms with van der Waals surface area (Å²) in [7, 11) is 1.72. The van der Waals surface area contributed by atoms with E-state index in [0.29, 0.717) is 0 Å². The van der Waals surface area contributed by atoms with Crippen LogP contribution in [0.15, 0.2) is 34.8 Å². The number of nitrogens with one attached hydrogen (secondary N) is 1. The van der Waals surface area contributed by atoms with Gasteiger partial charge >= 0.3 is 0 Å². The first-order valence-electron chi connectivity index (χ1n) is 6.47. The van der Waals surface area contributed by atoms with E-state index in [9.17, 15) is 0 Å². The highest BCUT2D eigenvalue weighted by Gasteiger charge is 2.10. The zero-order chi connectivity index (χ0) is 12.8. The lowest BCUT2D eigenvalue weighted by molar-refractivity contribution is 0.402. The van der Waals surface area contributed by atoms with Gasteiger partial charge in [-0.1, -0.05) is 28.1 Å². The SMILES string of the molecule is COc1ccc(Br)cc1CNCC1CC=CCC1. The predicted molar refractivity (Wildman–Crippen MR) is 78.9 cm³/mol. The van der Waals surface area contributed by atoms with Crippen molar-refractivity contribution in [3.63, 3.8) is 0 Å². The molecule has 1 aromatic carbocycles. The van der Waals surface area contributed by atoms with Crippen molar-refractivity contribution in [1.29, 1.82) is 0 Å². The summed E-state index contributed by atoms with van der Waals surface area (Å²) in [6, 6.07) is 6.13. The van der Waals surface area contributed by atoms with Gasteiger partial charge in [-0.2, -0.15) is 0 Å². The maximum absolute atomic E-state index is 5.37. The minimum atomic E-state index is 0.785. The summed E-state index contributed by atoms with van der Waals surface area (Å²) < 4.78 is 6.47. The number of allylic oxidation sites excluding steroid dienone is 2. The van der Waals surface area contributed by atoms with Gasteiger partial charge in [0.1, 0.15) is 5.75 Å². The molecule has 0 saturated carbocycles. The lowest BCUT2D eigenvalue weighted by atomic mass is 9.94. The first-order valence-corrected chi connectivity index (χ1v) is 7.27. The molecular weight excluding hydrogens is 290 g/mol. The van der Waals surface area contributed by atoms with Crippen LogP contribution in [0.3, 0.4) is 0 Å². The van der Waals surface area contributed by atoms with Crippen LogP contribution in [-0.2, 0) is 6.54 Å². The highest BCUT2D eigenvalue weighted by molar-refractivity contribution is 9.10.